The van der Waals surface area contributed by atoms with Crippen LogP contribution in [0.25, 0.3) is 10.9 Å². The van der Waals surface area contributed by atoms with Crippen molar-refractivity contribution < 1.29 is 44.1 Å². The molecule has 1 aromatic heterocycles. The first-order valence-corrected chi connectivity index (χ1v) is 8.99. The van der Waals surface area contributed by atoms with Crippen LogP contribution in [0.4, 0.5) is 22.0 Å². The van der Waals surface area contributed by atoms with Gasteiger partial charge in [-0.15, -0.1) is 0 Å². The number of aromatic nitrogens is 1. The maximum atomic E-state index is 14.7. The smallest absolute Gasteiger partial charge is 0.462 e. The number of aryl methyl sites for hydroxylation is 1. The monoisotopic (exact) mass is 429 g/mol. The van der Waals surface area contributed by atoms with Gasteiger partial charge in [0, 0.05) is 12.7 Å². The van der Waals surface area contributed by atoms with E-state index in [2.05, 4.69) is 8.92 Å². The summed E-state index contributed by atoms with van der Waals surface area (Å²) in [7, 11) is -6.36. The van der Waals surface area contributed by atoms with Crippen LogP contribution < -0.4 is 9.61 Å². The molecule has 0 aliphatic rings. The van der Waals surface area contributed by atoms with E-state index in [1.807, 2.05) is 0 Å². The molecule has 154 valence electrons. The van der Waals surface area contributed by atoms with Crippen LogP contribution in [0.5, 0.6) is 5.75 Å². The number of fused-ring (bicyclic) bond motifs is 1. The van der Waals surface area contributed by atoms with Crippen molar-refractivity contribution in [2.45, 2.75) is 25.9 Å². The van der Waals surface area contributed by atoms with Gasteiger partial charge in [-0.05, 0) is 19.9 Å². The van der Waals surface area contributed by atoms with E-state index in [0.717, 1.165) is 10.8 Å². The van der Waals surface area contributed by atoms with Gasteiger partial charge in [-0.3, -0.25) is 4.79 Å². The Morgan fingerprint density at radius 2 is 1.82 bits per heavy atom. The van der Waals surface area contributed by atoms with Gasteiger partial charge < -0.3 is 13.5 Å². The summed E-state index contributed by atoms with van der Waals surface area (Å²) in [5.41, 5.74) is -8.39. The number of hydrogen-bond acceptors (Lipinski definition) is 6. The minimum atomic E-state index is -6.36. The lowest BCUT2D eigenvalue weighted by molar-refractivity contribution is -0.0501. The summed E-state index contributed by atoms with van der Waals surface area (Å²) in [6, 6.07) is 0.289. The molecule has 0 unspecified atom stereocenters. The molecule has 0 spiro atoms. The van der Waals surface area contributed by atoms with Gasteiger partial charge in [0.1, 0.15) is 5.56 Å². The second kappa shape index (κ2) is 7.37. The van der Waals surface area contributed by atoms with Crippen LogP contribution in [0.15, 0.2) is 17.1 Å². The highest BCUT2D eigenvalue weighted by Gasteiger charge is 2.49. The molecule has 0 N–H and O–H groups in total. The van der Waals surface area contributed by atoms with Crippen molar-refractivity contribution >= 4 is 27.0 Å². The third-order valence-corrected chi connectivity index (χ3v) is 4.48. The van der Waals surface area contributed by atoms with E-state index in [1.165, 1.54) is 13.8 Å². The molecule has 7 nitrogen and oxygen atoms in total. The Balaban J connectivity index is 2.83. The normalized spacial score (nSPS) is 12.2. The average molecular weight is 429 g/mol. The van der Waals surface area contributed by atoms with E-state index in [1.54, 1.807) is 0 Å². The summed E-state index contributed by atoms with van der Waals surface area (Å²) in [6.45, 7) is 2.68. The van der Waals surface area contributed by atoms with Crippen molar-refractivity contribution in [2.75, 3.05) is 6.61 Å². The average Bonchev–Trinajstić information content (AvgIpc) is 2.58. The molecule has 0 fully saturated rings. The molecule has 0 saturated carbocycles. The van der Waals surface area contributed by atoms with E-state index in [0.29, 0.717) is 0 Å². The van der Waals surface area contributed by atoms with Crippen LogP contribution in [0.1, 0.15) is 24.2 Å². The highest BCUT2D eigenvalue weighted by atomic mass is 32.2. The molecule has 0 bridgehead atoms. The van der Waals surface area contributed by atoms with Gasteiger partial charge >= 0.3 is 21.6 Å². The first kappa shape index (κ1) is 21.6. The fraction of sp³-hybridized carbons (Fsp3) is 0.333. The van der Waals surface area contributed by atoms with Gasteiger partial charge in [0.15, 0.2) is 11.6 Å². The lowest BCUT2D eigenvalue weighted by Crippen LogP contribution is -2.29. The van der Waals surface area contributed by atoms with Gasteiger partial charge in [-0.1, -0.05) is 0 Å². The maximum absolute atomic E-state index is 14.7. The first-order valence-electron chi connectivity index (χ1n) is 7.58. The summed E-state index contributed by atoms with van der Waals surface area (Å²) in [5.74, 6) is -6.65. The van der Waals surface area contributed by atoms with Gasteiger partial charge in [0.05, 0.1) is 17.5 Å². The second-order valence-electron chi connectivity index (χ2n) is 5.26. The summed E-state index contributed by atoms with van der Waals surface area (Å²) in [5, 5.41) is -0.709. The van der Waals surface area contributed by atoms with E-state index in [-0.39, 0.29) is 19.2 Å². The van der Waals surface area contributed by atoms with Crippen molar-refractivity contribution in [3.05, 3.63) is 39.7 Å². The fourth-order valence-corrected chi connectivity index (χ4v) is 2.77. The number of benzene rings is 1. The molecule has 0 saturated heterocycles. The van der Waals surface area contributed by atoms with Crippen molar-refractivity contribution in [1.29, 1.82) is 0 Å². The number of carbonyl (C=O) groups is 1. The fourth-order valence-electron chi connectivity index (χ4n) is 2.31. The molecule has 0 aliphatic heterocycles. The van der Waals surface area contributed by atoms with Gasteiger partial charge in [0.25, 0.3) is 0 Å². The van der Waals surface area contributed by atoms with Crippen molar-refractivity contribution in [2.24, 2.45) is 0 Å². The zero-order valence-electron chi connectivity index (χ0n) is 14.3. The Hall–Kier alpha value is -2.70. The highest BCUT2D eigenvalue weighted by molar-refractivity contribution is 7.88. The number of ether oxygens (including phenoxy) is 1. The van der Waals surface area contributed by atoms with Crippen LogP contribution in [0.3, 0.4) is 0 Å². The SMILES string of the molecule is CCOC(=O)c1cn(CC)c2c(F)c(OS(=O)(=O)C(F)(F)F)c(F)cc2c1=O. The summed E-state index contributed by atoms with van der Waals surface area (Å²) < 4.78 is 97.5. The molecule has 1 aromatic carbocycles. The molecule has 2 rings (SSSR count). The number of esters is 1. The third kappa shape index (κ3) is 3.66. The standard InChI is InChI=1S/C15H12F5NO6S/c1-3-21-6-8(14(23)26-4-2)12(22)7-5-9(16)13(10(17)11(7)21)27-28(24,25)15(18,19)20/h5-6H,3-4H2,1-2H3. The molecule has 13 heteroatoms. The molecule has 0 aliphatic carbocycles. The molecule has 0 atom stereocenters. The maximum Gasteiger partial charge on any atom is 0.534 e. The Morgan fingerprint density at radius 3 is 2.32 bits per heavy atom. The van der Waals surface area contributed by atoms with Crippen LogP contribution >= 0.6 is 0 Å². The van der Waals surface area contributed by atoms with E-state index < -0.39 is 60.9 Å². The lowest BCUT2D eigenvalue weighted by atomic mass is 10.1. The van der Waals surface area contributed by atoms with Crippen LogP contribution in [0.2, 0.25) is 0 Å². The molecule has 1 heterocycles. The quantitative estimate of drug-likeness (QED) is 0.314. The number of alkyl halides is 3. The molecule has 28 heavy (non-hydrogen) atoms. The van der Waals surface area contributed by atoms with Crippen molar-refractivity contribution in [1.82, 2.24) is 4.57 Å². The minimum Gasteiger partial charge on any atom is -0.462 e. The van der Waals surface area contributed by atoms with Crippen LogP contribution in [0, 0.1) is 11.6 Å². The predicted molar refractivity (Wildman–Crippen MR) is 85.4 cm³/mol. The number of pyridine rings is 1. The van der Waals surface area contributed by atoms with E-state index >= 15 is 0 Å². The van der Waals surface area contributed by atoms with E-state index in [4.69, 9.17) is 0 Å². The highest BCUT2D eigenvalue weighted by Crippen LogP contribution is 2.33. The molecule has 0 radical (unpaired) electrons. The van der Waals surface area contributed by atoms with Gasteiger partial charge in [-0.2, -0.15) is 21.6 Å². The minimum absolute atomic E-state index is 0.0900. The topological polar surface area (TPSA) is 91.7 Å². The number of halogens is 5. The number of hydrogen-bond donors (Lipinski definition) is 0. The largest absolute Gasteiger partial charge is 0.534 e. The zero-order chi connectivity index (χ0) is 21.4. The molecule has 0 amide bonds. The molecule has 2 aromatic rings. The Morgan fingerprint density at radius 1 is 1.21 bits per heavy atom. The summed E-state index contributed by atoms with van der Waals surface area (Å²) in [4.78, 5) is 24.2. The Bertz CT molecular complexity index is 1110. The predicted octanol–water partition coefficient (Wildman–Crippen LogP) is 2.70. The molecular formula is C15H12F5NO6S. The van der Waals surface area contributed by atoms with Crippen molar-refractivity contribution in [3.8, 4) is 5.75 Å². The van der Waals surface area contributed by atoms with Gasteiger partial charge in [-0.25, -0.2) is 13.6 Å². The third-order valence-electron chi connectivity index (χ3n) is 3.52. The van der Waals surface area contributed by atoms with E-state index in [9.17, 15) is 40.0 Å². The van der Waals surface area contributed by atoms with Crippen molar-refractivity contribution in [3.63, 3.8) is 0 Å². The van der Waals surface area contributed by atoms with Crippen LogP contribution in [-0.4, -0.2) is 31.1 Å². The van der Waals surface area contributed by atoms with Crippen LogP contribution in [-0.2, 0) is 21.4 Å². The lowest BCUT2D eigenvalue weighted by Gasteiger charge is -2.15. The Labute approximate surface area is 154 Å². The second-order valence-corrected chi connectivity index (χ2v) is 6.80. The summed E-state index contributed by atoms with van der Waals surface area (Å²) in [6.07, 6.45) is 0.867. The number of nitrogens with zero attached hydrogens (tertiary/aromatic N) is 1. The van der Waals surface area contributed by atoms with Gasteiger partial charge in [0.2, 0.25) is 11.2 Å². The Kier molecular flexibility index (Phi) is 5.69. The number of carbonyl (C=O) groups excluding carboxylic acids is 1. The number of rotatable bonds is 5. The first-order chi connectivity index (χ1) is 12.9. The molecular weight excluding hydrogens is 417 g/mol. The zero-order valence-corrected chi connectivity index (χ0v) is 15.1. The summed E-state index contributed by atoms with van der Waals surface area (Å²) >= 11 is 0.